The van der Waals surface area contributed by atoms with E-state index < -0.39 is 25.9 Å². The number of nitro benzene ring substituents is 1. The first-order valence-corrected chi connectivity index (χ1v) is 9.97. The molecular formula is C18H16N4O6S. The minimum absolute atomic E-state index is 0.0949. The summed E-state index contributed by atoms with van der Waals surface area (Å²) in [5, 5.41) is 20.1. The van der Waals surface area contributed by atoms with Gasteiger partial charge in [-0.3, -0.25) is 20.2 Å². The molecule has 2 aromatic carbocycles. The number of carbonyl (C=O) groups excluding carboxylic acids is 1. The van der Waals surface area contributed by atoms with Gasteiger partial charge in [0, 0.05) is 23.3 Å². The first-order valence-electron chi connectivity index (χ1n) is 8.42. The lowest BCUT2D eigenvalue weighted by atomic mass is 10.2. The molecule has 150 valence electrons. The van der Waals surface area contributed by atoms with E-state index in [4.69, 9.17) is 4.42 Å². The Balaban J connectivity index is 1.73. The van der Waals surface area contributed by atoms with Crippen LogP contribution in [0.2, 0.25) is 0 Å². The van der Waals surface area contributed by atoms with Crippen molar-refractivity contribution in [2.75, 3.05) is 5.32 Å². The second kappa shape index (κ2) is 7.80. The second-order valence-electron chi connectivity index (χ2n) is 6.29. The molecule has 11 heteroatoms. The zero-order chi connectivity index (χ0) is 21.2. The zero-order valence-electron chi connectivity index (χ0n) is 15.4. The number of hydrogen-bond acceptors (Lipinski definition) is 8. The maximum absolute atomic E-state index is 12.2. The number of rotatable bonds is 6. The van der Waals surface area contributed by atoms with E-state index >= 15 is 0 Å². The molecule has 1 N–H and O–H groups in total. The van der Waals surface area contributed by atoms with Gasteiger partial charge in [-0.15, -0.1) is 5.10 Å². The highest BCUT2D eigenvalue weighted by atomic mass is 32.2. The number of nitro groups is 1. The van der Waals surface area contributed by atoms with Crippen molar-refractivity contribution in [1.82, 2.24) is 10.2 Å². The fraction of sp³-hybridized carbons (Fsp3) is 0.167. The highest BCUT2D eigenvalue weighted by Crippen LogP contribution is 2.23. The van der Waals surface area contributed by atoms with E-state index in [9.17, 15) is 23.3 Å². The lowest BCUT2D eigenvalue weighted by molar-refractivity contribution is -0.384. The van der Waals surface area contributed by atoms with Crippen molar-refractivity contribution in [3.8, 4) is 11.5 Å². The highest BCUT2D eigenvalue weighted by Gasteiger charge is 2.20. The van der Waals surface area contributed by atoms with E-state index in [1.54, 1.807) is 13.8 Å². The van der Waals surface area contributed by atoms with Gasteiger partial charge in [0.25, 0.3) is 11.6 Å². The molecule has 0 spiro atoms. The van der Waals surface area contributed by atoms with Gasteiger partial charge < -0.3 is 4.42 Å². The van der Waals surface area contributed by atoms with Crippen molar-refractivity contribution in [2.45, 2.75) is 24.0 Å². The van der Waals surface area contributed by atoms with Gasteiger partial charge in [-0.05, 0) is 50.2 Å². The van der Waals surface area contributed by atoms with Gasteiger partial charge in [-0.1, -0.05) is 5.10 Å². The minimum Gasteiger partial charge on any atom is -0.403 e. The number of aromatic nitrogens is 2. The lowest BCUT2D eigenvalue weighted by Crippen LogP contribution is -2.13. The van der Waals surface area contributed by atoms with Crippen LogP contribution in [0.4, 0.5) is 11.7 Å². The molecule has 1 heterocycles. The number of non-ortho nitro benzene ring substituents is 1. The average Bonchev–Trinajstić information content (AvgIpc) is 3.16. The van der Waals surface area contributed by atoms with Crippen LogP contribution in [0.5, 0.6) is 0 Å². The molecule has 0 aliphatic carbocycles. The smallest absolute Gasteiger partial charge is 0.322 e. The van der Waals surface area contributed by atoms with Crippen LogP contribution in [0.3, 0.4) is 0 Å². The van der Waals surface area contributed by atoms with Crippen LogP contribution in [0.15, 0.2) is 57.8 Å². The minimum atomic E-state index is -3.39. The van der Waals surface area contributed by atoms with Crippen molar-refractivity contribution >= 4 is 27.4 Å². The topological polar surface area (TPSA) is 145 Å². The van der Waals surface area contributed by atoms with Crippen LogP contribution in [0.25, 0.3) is 11.5 Å². The molecule has 3 rings (SSSR count). The maximum atomic E-state index is 12.2. The van der Waals surface area contributed by atoms with Gasteiger partial charge in [0.15, 0.2) is 9.84 Å². The number of nitrogens with one attached hydrogen (secondary N) is 1. The molecule has 0 saturated carbocycles. The van der Waals surface area contributed by atoms with Gasteiger partial charge in [0.2, 0.25) is 5.89 Å². The summed E-state index contributed by atoms with van der Waals surface area (Å²) in [5.74, 6) is -0.481. The van der Waals surface area contributed by atoms with E-state index in [0.29, 0.717) is 5.56 Å². The summed E-state index contributed by atoms with van der Waals surface area (Å²) in [4.78, 5) is 22.5. The standard InChI is InChI=1S/C18H16N4O6S/c1-11(2)29(26,27)15-9-5-13(6-10-15)17-20-21-18(28-17)19-16(23)12-3-7-14(8-4-12)22(24)25/h3-11H,1-2H3,(H,19,21,23). The third-order valence-corrected chi connectivity index (χ3v) is 6.21. The molecular weight excluding hydrogens is 400 g/mol. The molecule has 29 heavy (non-hydrogen) atoms. The summed E-state index contributed by atoms with van der Waals surface area (Å²) >= 11 is 0. The van der Waals surface area contributed by atoms with Crippen LogP contribution in [0, 0.1) is 10.1 Å². The first kappa shape index (κ1) is 20.1. The van der Waals surface area contributed by atoms with Gasteiger partial charge in [-0.25, -0.2) is 8.42 Å². The number of anilines is 1. The Kier molecular flexibility index (Phi) is 5.41. The molecule has 0 radical (unpaired) electrons. The fourth-order valence-corrected chi connectivity index (χ4v) is 3.41. The zero-order valence-corrected chi connectivity index (χ0v) is 16.2. The summed E-state index contributed by atoms with van der Waals surface area (Å²) in [7, 11) is -3.39. The Morgan fingerprint density at radius 3 is 2.24 bits per heavy atom. The molecule has 0 fully saturated rings. The Morgan fingerprint density at radius 1 is 1.07 bits per heavy atom. The highest BCUT2D eigenvalue weighted by molar-refractivity contribution is 7.92. The number of sulfone groups is 1. The molecule has 0 saturated heterocycles. The predicted octanol–water partition coefficient (Wildman–Crippen LogP) is 3.08. The third-order valence-electron chi connectivity index (χ3n) is 4.04. The van der Waals surface area contributed by atoms with Crippen LogP contribution in [-0.2, 0) is 9.84 Å². The predicted molar refractivity (Wildman–Crippen MR) is 103 cm³/mol. The van der Waals surface area contributed by atoms with Crippen LogP contribution in [0.1, 0.15) is 24.2 Å². The molecule has 1 amide bonds. The largest absolute Gasteiger partial charge is 0.403 e. The molecule has 0 bridgehead atoms. The monoisotopic (exact) mass is 416 g/mol. The molecule has 0 unspecified atom stereocenters. The Hall–Kier alpha value is -3.60. The molecule has 3 aromatic rings. The van der Waals surface area contributed by atoms with E-state index in [1.165, 1.54) is 48.5 Å². The summed E-state index contributed by atoms with van der Waals surface area (Å²) in [6, 6.07) is 10.8. The van der Waals surface area contributed by atoms with Crippen molar-refractivity contribution in [2.24, 2.45) is 0 Å². The van der Waals surface area contributed by atoms with Gasteiger partial charge in [-0.2, -0.15) is 0 Å². The van der Waals surface area contributed by atoms with E-state index in [1.807, 2.05) is 0 Å². The molecule has 0 aliphatic heterocycles. The van der Waals surface area contributed by atoms with Crippen LogP contribution in [-0.4, -0.2) is 34.7 Å². The number of benzene rings is 2. The Morgan fingerprint density at radius 2 is 1.69 bits per heavy atom. The summed E-state index contributed by atoms with van der Waals surface area (Å²) in [6.07, 6.45) is 0. The van der Waals surface area contributed by atoms with E-state index in [-0.39, 0.29) is 28.1 Å². The normalized spacial score (nSPS) is 11.4. The van der Waals surface area contributed by atoms with Crippen LogP contribution < -0.4 is 5.32 Å². The molecule has 0 aliphatic rings. The molecule has 10 nitrogen and oxygen atoms in total. The number of amides is 1. The number of nitrogens with zero attached hydrogens (tertiary/aromatic N) is 3. The Bertz CT molecular complexity index is 1150. The summed E-state index contributed by atoms with van der Waals surface area (Å²) in [6.45, 7) is 3.20. The van der Waals surface area contributed by atoms with Crippen molar-refractivity contribution in [3.05, 3.63) is 64.2 Å². The molecule has 1 aromatic heterocycles. The van der Waals surface area contributed by atoms with Crippen molar-refractivity contribution in [1.29, 1.82) is 0 Å². The lowest BCUT2D eigenvalue weighted by Gasteiger charge is -2.07. The summed E-state index contributed by atoms with van der Waals surface area (Å²) in [5.41, 5.74) is 0.527. The van der Waals surface area contributed by atoms with E-state index in [2.05, 4.69) is 15.5 Å². The molecule has 0 atom stereocenters. The number of carbonyl (C=O) groups is 1. The Labute approximate surface area is 165 Å². The average molecular weight is 416 g/mol. The second-order valence-corrected chi connectivity index (χ2v) is 8.79. The van der Waals surface area contributed by atoms with Crippen molar-refractivity contribution < 1.29 is 22.6 Å². The number of hydrogen-bond donors (Lipinski definition) is 1. The van der Waals surface area contributed by atoms with Gasteiger partial charge in [0.1, 0.15) is 0 Å². The fourth-order valence-electron chi connectivity index (χ4n) is 2.35. The third kappa shape index (κ3) is 4.29. The maximum Gasteiger partial charge on any atom is 0.322 e. The SMILES string of the molecule is CC(C)S(=O)(=O)c1ccc(-c2nnc(NC(=O)c3ccc([N+](=O)[O-])cc3)o2)cc1. The first-order chi connectivity index (χ1) is 13.7. The quantitative estimate of drug-likeness (QED) is 0.476. The summed E-state index contributed by atoms with van der Waals surface area (Å²) < 4.78 is 29.7. The van der Waals surface area contributed by atoms with Crippen LogP contribution >= 0.6 is 0 Å². The van der Waals surface area contributed by atoms with E-state index in [0.717, 1.165) is 0 Å². The van der Waals surface area contributed by atoms with Gasteiger partial charge in [0.05, 0.1) is 15.1 Å². The van der Waals surface area contributed by atoms with Crippen molar-refractivity contribution in [3.63, 3.8) is 0 Å². The van der Waals surface area contributed by atoms with Gasteiger partial charge >= 0.3 is 6.01 Å².